The highest BCUT2D eigenvalue weighted by Gasteiger charge is 2.46. The van der Waals surface area contributed by atoms with Crippen LogP contribution in [0.2, 0.25) is 0 Å². The van der Waals surface area contributed by atoms with E-state index in [1.165, 1.54) is 51.4 Å². The van der Waals surface area contributed by atoms with Crippen LogP contribution in [0.15, 0.2) is 0 Å². The summed E-state index contributed by atoms with van der Waals surface area (Å²) < 4.78 is 0. The van der Waals surface area contributed by atoms with Crippen LogP contribution >= 0.6 is 0 Å². The number of nitrogens with one attached hydrogen (secondary N) is 1. The van der Waals surface area contributed by atoms with Gasteiger partial charge in [-0.05, 0) is 70.4 Å². The van der Waals surface area contributed by atoms with E-state index in [4.69, 9.17) is 5.84 Å². The Hall–Kier alpha value is -0.120. The Kier molecular flexibility index (Phi) is 5.49. The van der Waals surface area contributed by atoms with Crippen LogP contribution in [0, 0.1) is 17.8 Å². The summed E-state index contributed by atoms with van der Waals surface area (Å²) in [6.45, 7) is 4.80. The molecule has 0 bridgehead atoms. The van der Waals surface area contributed by atoms with Crippen molar-refractivity contribution in [1.29, 1.82) is 0 Å². The van der Waals surface area contributed by atoms with Gasteiger partial charge in [0.15, 0.2) is 0 Å². The zero-order valence-corrected chi connectivity index (χ0v) is 14.0. The Bertz CT molecular complexity index is 295. The van der Waals surface area contributed by atoms with Crippen molar-refractivity contribution in [3.63, 3.8) is 0 Å². The van der Waals surface area contributed by atoms with Gasteiger partial charge in [0.05, 0.1) is 0 Å². The third kappa shape index (κ3) is 3.20. The van der Waals surface area contributed by atoms with Crippen LogP contribution in [-0.2, 0) is 0 Å². The van der Waals surface area contributed by atoms with E-state index in [1.807, 2.05) is 0 Å². The second kappa shape index (κ2) is 6.76. The van der Waals surface area contributed by atoms with Gasteiger partial charge in [0, 0.05) is 11.6 Å². The monoisotopic (exact) mass is 281 g/mol. The van der Waals surface area contributed by atoms with Crippen molar-refractivity contribution < 1.29 is 0 Å². The largest absolute Gasteiger partial charge is 0.302 e. The molecule has 3 unspecified atom stereocenters. The first-order valence-electron chi connectivity index (χ1n) is 8.63. The van der Waals surface area contributed by atoms with Gasteiger partial charge in [-0.3, -0.25) is 11.3 Å². The molecule has 2 aliphatic rings. The lowest BCUT2D eigenvalue weighted by atomic mass is 9.65. The zero-order chi connectivity index (χ0) is 14.8. The third-order valence-electron chi connectivity index (χ3n) is 6.24. The van der Waals surface area contributed by atoms with Crippen LogP contribution in [0.25, 0.3) is 0 Å². The summed E-state index contributed by atoms with van der Waals surface area (Å²) in [5.74, 6) is 8.56. The molecule has 3 atom stereocenters. The Morgan fingerprint density at radius 3 is 2.20 bits per heavy atom. The molecule has 3 nitrogen and oxygen atoms in total. The third-order valence-corrected chi connectivity index (χ3v) is 6.24. The molecule has 0 radical (unpaired) electrons. The first-order valence-corrected chi connectivity index (χ1v) is 8.63. The molecule has 0 heterocycles. The second-order valence-corrected chi connectivity index (χ2v) is 7.86. The SMILES string of the molecule is CC1CCC(C(NN)C2CCCC(C)C2)(N(C)C)CC1. The van der Waals surface area contributed by atoms with E-state index in [9.17, 15) is 0 Å². The Balaban J connectivity index is 2.16. The standard InChI is InChI=1S/C17H35N3/c1-13-8-10-17(11-9-13,20(3)4)16(19-18)15-7-5-6-14(2)12-15/h13-16,19H,5-12,18H2,1-4H3. The summed E-state index contributed by atoms with van der Waals surface area (Å²) in [7, 11) is 4.51. The minimum Gasteiger partial charge on any atom is -0.302 e. The molecule has 0 amide bonds. The lowest BCUT2D eigenvalue weighted by Crippen LogP contribution is -2.65. The van der Waals surface area contributed by atoms with Gasteiger partial charge >= 0.3 is 0 Å². The highest BCUT2D eigenvalue weighted by Crippen LogP contribution is 2.43. The molecule has 3 heteroatoms. The predicted molar refractivity (Wildman–Crippen MR) is 86.3 cm³/mol. The lowest BCUT2D eigenvalue weighted by Gasteiger charge is -2.52. The average molecular weight is 281 g/mol. The number of hydrogen-bond acceptors (Lipinski definition) is 3. The fourth-order valence-electron chi connectivity index (χ4n) is 4.81. The van der Waals surface area contributed by atoms with Crippen molar-refractivity contribution >= 4 is 0 Å². The molecule has 0 saturated heterocycles. The Labute approximate surface area is 125 Å². The van der Waals surface area contributed by atoms with Crippen molar-refractivity contribution in [2.75, 3.05) is 14.1 Å². The van der Waals surface area contributed by atoms with E-state index in [1.54, 1.807) is 0 Å². The highest BCUT2D eigenvalue weighted by atomic mass is 15.3. The van der Waals surface area contributed by atoms with Crippen LogP contribution in [-0.4, -0.2) is 30.6 Å². The minimum absolute atomic E-state index is 0.267. The molecule has 3 N–H and O–H groups in total. The summed E-state index contributed by atoms with van der Waals surface area (Å²) in [5.41, 5.74) is 3.52. The number of hydrogen-bond donors (Lipinski definition) is 2. The highest BCUT2D eigenvalue weighted by molar-refractivity contribution is 5.04. The molecule has 0 aliphatic heterocycles. The maximum Gasteiger partial charge on any atom is 0.0422 e. The molecule has 20 heavy (non-hydrogen) atoms. The zero-order valence-electron chi connectivity index (χ0n) is 14.0. The quantitative estimate of drug-likeness (QED) is 0.614. The van der Waals surface area contributed by atoms with Crippen LogP contribution < -0.4 is 11.3 Å². The van der Waals surface area contributed by atoms with E-state index in [2.05, 4.69) is 38.3 Å². The molecule has 2 rings (SSSR count). The fraction of sp³-hybridized carbons (Fsp3) is 1.00. The van der Waals surface area contributed by atoms with Crippen molar-refractivity contribution in [2.24, 2.45) is 23.6 Å². The van der Waals surface area contributed by atoms with Gasteiger partial charge in [0.1, 0.15) is 0 Å². The summed E-state index contributed by atoms with van der Waals surface area (Å²) in [6.07, 6.45) is 10.8. The molecule has 118 valence electrons. The van der Waals surface area contributed by atoms with E-state index >= 15 is 0 Å². The van der Waals surface area contributed by atoms with Crippen LogP contribution in [0.3, 0.4) is 0 Å². The number of rotatable bonds is 4. The number of nitrogens with two attached hydrogens (primary N) is 1. The molecule has 2 aliphatic carbocycles. The maximum atomic E-state index is 6.06. The van der Waals surface area contributed by atoms with E-state index < -0.39 is 0 Å². The number of hydrazine groups is 1. The second-order valence-electron chi connectivity index (χ2n) is 7.86. The molecule has 2 fully saturated rings. The summed E-state index contributed by atoms with van der Waals surface area (Å²) >= 11 is 0. The normalized spacial score (nSPS) is 40.8. The van der Waals surface area contributed by atoms with Crippen molar-refractivity contribution in [3.8, 4) is 0 Å². The molecular formula is C17H35N3. The summed E-state index contributed by atoms with van der Waals surface area (Å²) in [6, 6.07) is 0.452. The van der Waals surface area contributed by atoms with E-state index in [-0.39, 0.29) is 5.54 Å². The fourth-order valence-corrected chi connectivity index (χ4v) is 4.81. The summed E-state index contributed by atoms with van der Waals surface area (Å²) in [5, 5.41) is 0. The van der Waals surface area contributed by atoms with Crippen LogP contribution in [0.4, 0.5) is 0 Å². The first kappa shape index (κ1) is 16.3. The van der Waals surface area contributed by atoms with Gasteiger partial charge in [-0.15, -0.1) is 0 Å². The molecule has 0 aromatic rings. The van der Waals surface area contributed by atoms with Crippen LogP contribution in [0.5, 0.6) is 0 Å². The maximum absolute atomic E-state index is 6.06. The number of nitrogens with zero attached hydrogens (tertiary/aromatic N) is 1. The van der Waals surface area contributed by atoms with Gasteiger partial charge in [-0.25, -0.2) is 0 Å². The Morgan fingerprint density at radius 1 is 1.05 bits per heavy atom. The topological polar surface area (TPSA) is 41.3 Å². The predicted octanol–water partition coefficient (Wildman–Crippen LogP) is 3.16. The smallest absolute Gasteiger partial charge is 0.0422 e. The molecule has 0 aromatic heterocycles. The van der Waals surface area contributed by atoms with Crippen LogP contribution in [0.1, 0.15) is 65.2 Å². The first-order chi connectivity index (χ1) is 9.49. The van der Waals surface area contributed by atoms with Crippen molar-refractivity contribution in [3.05, 3.63) is 0 Å². The van der Waals surface area contributed by atoms with Gasteiger partial charge in [0.2, 0.25) is 0 Å². The minimum atomic E-state index is 0.267. The summed E-state index contributed by atoms with van der Waals surface area (Å²) in [4.78, 5) is 2.47. The van der Waals surface area contributed by atoms with Gasteiger partial charge in [-0.1, -0.05) is 26.7 Å². The van der Waals surface area contributed by atoms with Gasteiger partial charge in [-0.2, -0.15) is 0 Å². The molecule has 0 aromatic carbocycles. The number of likely N-dealkylation sites (N-methyl/N-ethyl adjacent to an activating group) is 1. The van der Waals surface area contributed by atoms with Gasteiger partial charge < -0.3 is 4.90 Å². The average Bonchev–Trinajstić information content (AvgIpc) is 2.42. The lowest BCUT2D eigenvalue weighted by molar-refractivity contribution is 0.00916. The van der Waals surface area contributed by atoms with Gasteiger partial charge in [0.25, 0.3) is 0 Å². The van der Waals surface area contributed by atoms with E-state index in [0.29, 0.717) is 6.04 Å². The van der Waals surface area contributed by atoms with E-state index in [0.717, 1.165) is 17.8 Å². The Morgan fingerprint density at radius 2 is 1.70 bits per heavy atom. The molecule has 0 spiro atoms. The molecular weight excluding hydrogens is 246 g/mol. The van der Waals surface area contributed by atoms with Crippen molar-refractivity contribution in [2.45, 2.75) is 76.8 Å². The van der Waals surface area contributed by atoms with Crippen molar-refractivity contribution in [1.82, 2.24) is 10.3 Å². The molecule has 2 saturated carbocycles.